The highest BCUT2D eigenvalue weighted by molar-refractivity contribution is 6.23. The smallest absolute Gasteiger partial charge is 0.336 e. The Balaban J connectivity index is 2.67. The molecule has 0 radical (unpaired) electrons. The van der Waals surface area contributed by atoms with Crippen molar-refractivity contribution in [1.29, 1.82) is 5.26 Å². The van der Waals surface area contributed by atoms with Crippen LogP contribution in [0.25, 0.3) is 11.1 Å². The number of carboxylic acid groups (broad SMARTS) is 1. The van der Waals surface area contributed by atoms with Gasteiger partial charge in [0.2, 0.25) is 0 Å². The number of nitriles is 1. The fraction of sp³-hybridized carbons (Fsp3) is 0.333. The molecule has 2 aromatic rings. The van der Waals surface area contributed by atoms with Crippen LogP contribution in [-0.4, -0.2) is 11.1 Å². The first-order valence-electron chi connectivity index (χ1n) is 9.55. The van der Waals surface area contributed by atoms with E-state index >= 15 is 0 Å². The molecular formula is C24H27NO2. The van der Waals surface area contributed by atoms with E-state index in [-0.39, 0.29) is 5.57 Å². The minimum Gasteiger partial charge on any atom is -0.478 e. The lowest BCUT2D eigenvalue weighted by Gasteiger charge is -2.28. The highest BCUT2D eigenvalue weighted by Gasteiger charge is 2.31. The lowest BCUT2D eigenvalue weighted by molar-refractivity contribution is -0.130. The Morgan fingerprint density at radius 3 is 2.00 bits per heavy atom. The van der Waals surface area contributed by atoms with E-state index in [1.165, 1.54) is 0 Å². The molecule has 0 spiro atoms. The second kappa shape index (κ2) is 9.73. The van der Waals surface area contributed by atoms with Crippen molar-refractivity contribution in [3.8, 4) is 6.07 Å². The molecule has 0 saturated heterocycles. The van der Waals surface area contributed by atoms with Gasteiger partial charge in [0.15, 0.2) is 0 Å². The number of benzene rings is 2. The Hall–Kier alpha value is -2.86. The van der Waals surface area contributed by atoms with Crippen molar-refractivity contribution in [3.05, 3.63) is 71.8 Å². The zero-order valence-electron chi connectivity index (χ0n) is 16.1. The highest BCUT2D eigenvalue weighted by Crippen LogP contribution is 2.41. The molecule has 0 aliphatic rings. The van der Waals surface area contributed by atoms with Crippen molar-refractivity contribution in [2.24, 2.45) is 5.41 Å². The summed E-state index contributed by atoms with van der Waals surface area (Å²) >= 11 is 0. The van der Waals surface area contributed by atoms with E-state index in [0.29, 0.717) is 18.4 Å². The maximum absolute atomic E-state index is 12.3. The van der Waals surface area contributed by atoms with E-state index in [0.717, 1.165) is 30.4 Å². The highest BCUT2D eigenvalue weighted by atomic mass is 16.4. The van der Waals surface area contributed by atoms with Crippen LogP contribution in [-0.2, 0) is 4.79 Å². The minimum atomic E-state index is -0.960. The van der Waals surface area contributed by atoms with Gasteiger partial charge in [-0.15, -0.1) is 0 Å². The summed E-state index contributed by atoms with van der Waals surface area (Å²) < 4.78 is 0. The van der Waals surface area contributed by atoms with Crippen molar-refractivity contribution in [2.75, 3.05) is 0 Å². The Morgan fingerprint density at radius 2 is 1.56 bits per heavy atom. The van der Waals surface area contributed by atoms with Crippen LogP contribution in [0.15, 0.2) is 60.7 Å². The normalized spacial score (nSPS) is 14.0. The average molecular weight is 361 g/mol. The summed E-state index contributed by atoms with van der Waals surface area (Å²) in [5, 5.41) is 20.0. The van der Waals surface area contributed by atoms with Crippen LogP contribution in [0.2, 0.25) is 0 Å². The van der Waals surface area contributed by atoms with Gasteiger partial charge in [-0.3, -0.25) is 0 Å². The predicted octanol–water partition coefficient (Wildman–Crippen LogP) is 6.18. The quantitative estimate of drug-likeness (QED) is 0.428. The van der Waals surface area contributed by atoms with Gasteiger partial charge >= 0.3 is 5.97 Å². The van der Waals surface area contributed by atoms with E-state index in [2.05, 4.69) is 13.0 Å². The maximum Gasteiger partial charge on any atom is 0.336 e. The molecule has 0 fully saturated rings. The first-order chi connectivity index (χ1) is 13.1. The Bertz CT molecular complexity index is 818. The van der Waals surface area contributed by atoms with E-state index < -0.39 is 11.4 Å². The number of hydrogen-bond donors (Lipinski definition) is 1. The van der Waals surface area contributed by atoms with Crippen LogP contribution in [0.1, 0.15) is 57.1 Å². The number of carboxylic acids is 1. The molecule has 0 heterocycles. The largest absolute Gasteiger partial charge is 0.478 e. The topological polar surface area (TPSA) is 61.1 Å². The first kappa shape index (κ1) is 20.5. The molecule has 1 unspecified atom stereocenters. The molecule has 140 valence electrons. The molecule has 0 aliphatic heterocycles. The minimum absolute atomic E-state index is 0.284. The molecule has 3 heteroatoms. The molecule has 0 amide bonds. The summed E-state index contributed by atoms with van der Waals surface area (Å²) in [6, 6.07) is 21.3. The average Bonchev–Trinajstić information content (AvgIpc) is 2.71. The predicted molar refractivity (Wildman–Crippen MR) is 110 cm³/mol. The molecule has 2 rings (SSSR count). The second-order valence-electron chi connectivity index (χ2n) is 6.92. The standard InChI is InChI=1S/C24H27NO2/c1-3-5-16-24(4-2,18-25)17-21(19-12-8-6-9-13-19)22(23(26)27)20-14-10-7-11-15-20/h6-15H,3-5,16-17H2,1-2H3,(H,26,27). The van der Waals surface area contributed by atoms with Crippen molar-refractivity contribution in [2.45, 2.75) is 46.0 Å². The molecule has 0 saturated carbocycles. The summed E-state index contributed by atoms with van der Waals surface area (Å²) in [6.45, 7) is 4.13. The molecular weight excluding hydrogens is 334 g/mol. The van der Waals surface area contributed by atoms with Crippen molar-refractivity contribution in [3.63, 3.8) is 0 Å². The lowest BCUT2D eigenvalue weighted by Crippen LogP contribution is -2.19. The third-order valence-electron chi connectivity index (χ3n) is 5.14. The van der Waals surface area contributed by atoms with Gasteiger partial charge in [-0.25, -0.2) is 4.79 Å². The summed E-state index contributed by atoms with van der Waals surface area (Å²) in [5.74, 6) is -0.960. The van der Waals surface area contributed by atoms with Crippen molar-refractivity contribution in [1.82, 2.24) is 0 Å². The van der Waals surface area contributed by atoms with Crippen LogP contribution in [0.3, 0.4) is 0 Å². The SMILES string of the molecule is CCCCC(C#N)(CC)CC(=C(C(=O)O)c1ccccc1)c1ccccc1. The Labute approximate surface area is 162 Å². The summed E-state index contributed by atoms with van der Waals surface area (Å²) in [7, 11) is 0. The third-order valence-corrected chi connectivity index (χ3v) is 5.14. The monoisotopic (exact) mass is 361 g/mol. The van der Waals surface area contributed by atoms with Crippen LogP contribution in [0.4, 0.5) is 0 Å². The zero-order valence-corrected chi connectivity index (χ0v) is 16.1. The Morgan fingerprint density at radius 1 is 1.00 bits per heavy atom. The van der Waals surface area contributed by atoms with Crippen molar-refractivity contribution >= 4 is 17.1 Å². The summed E-state index contributed by atoms with van der Waals surface area (Å²) in [6.07, 6.45) is 3.87. The second-order valence-corrected chi connectivity index (χ2v) is 6.92. The van der Waals surface area contributed by atoms with E-state index in [1.54, 1.807) is 0 Å². The van der Waals surface area contributed by atoms with Crippen LogP contribution >= 0.6 is 0 Å². The van der Waals surface area contributed by atoms with Gasteiger partial charge < -0.3 is 5.11 Å². The van der Waals surface area contributed by atoms with Crippen molar-refractivity contribution < 1.29 is 9.90 Å². The maximum atomic E-state index is 12.3. The van der Waals surface area contributed by atoms with Gasteiger partial charge in [-0.1, -0.05) is 87.4 Å². The first-order valence-corrected chi connectivity index (χ1v) is 9.55. The van der Waals surface area contributed by atoms with Crippen LogP contribution in [0, 0.1) is 16.7 Å². The number of allylic oxidation sites excluding steroid dienone is 1. The summed E-state index contributed by atoms with van der Waals surface area (Å²) in [4.78, 5) is 12.3. The number of nitrogens with zero attached hydrogens (tertiary/aromatic N) is 1. The van der Waals surface area contributed by atoms with E-state index in [9.17, 15) is 15.2 Å². The lowest BCUT2D eigenvalue weighted by atomic mass is 9.73. The number of aliphatic carboxylic acids is 1. The van der Waals surface area contributed by atoms with Crippen LogP contribution in [0.5, 0.6) is 0 Å². The molecule has 0 bridgehead atoms. The van der Waals surface area contributed by atoms with Gasteiger partial charge in [0.05, 0.1) is 17.1 Å². The molecule has 1 N–H and O–H groups in total. The van der Waals surface area contributed by atoms with E-state index in [4.69, 9.17) is 0 Å². The summed E-state index contributed by atoms with van der Waals surface area (Å²) in [5.41, 5.74) is 1.99. The number of unbranched alkanes of at least 4 members (excludes halogenated alkanes) is 1. The Kier molecular flexibility index (Phi) is 7.37. The number of carbonyl (C=O) groups is 1. The van der Waals surface area contributed by atoms with E-state index in [1.807, 2.05) is 67.6 Å². The molecule has 0 aromatic heterocycles. The molecule has 1 atom stereocenters. The van der Waals surface area contributed by atoms with Gasteiger partial charge in [-0.05, 0) is 36.0 Å². The van der Waals surface area contributed by atoms with Gasteiger partial charge in [0, 0.05) is 0 Å². The number of hydrogen-bond acceptors (Lipinski definition) is 2. The van der Waals surface area contributed by atoms with Crippen LogP contribution < -0.4 is 0 Å². The van der Waals surface area contributed by atoms with Gasteiger partial charge in [0.1, 0.15) is 0 Å². The molecule has 2 aromatic carbocycles. The third kappa shape index (κ3) is 5.08. The molecule has 27 heavy (non-hydrogen) atoms. The fourth-order valence-electron chi connectivity index (χ4n) is 3.42. The zero-order chi connectivity index (χ0) is 19.7. The molecule has 0 aliphatic carbocycles. The fourth-order valence-corrected chi connectivity index (χ4v) is 3.42. The number of rotatable bonds is 9. The molecule has 3 nitrogen and oxygen atoms in total. The van der Waals surface area contributed by atoms with Gasteiger partial charge in [-0.2, -0.15) is 5.26 Å². The van der Waals surface area contributed by atoms with Gasteiger partial charge in [0.25, 0.3) is 0 Å².